The van der Waals surface area contributed by atoms with E-state index in [2.05, 4.69) is 0 Å². The van der Waals surface area contributed by atoms with Crippen molar-refractivity contribution < 1.29 is 24.7 Å². The largest absolute Gasteiger partial charge is 0.478 e. The number of hydrogen-bond acceptors (Lipinski definition) is 6. The van der Waals surface area contributed by atoms with Crippen molar-refractivity contribution in [3.05, 3.63) is 55.9 Å². The smallest absolute Gasteiger partial charge is 0.342 e. The maximum Gasteiger partial charge on any atom is 0.342 e. The lowest BCUT2D eigenvalue weighted by Crippen LogP contribution is -2.24. The van der Waals surface area contributed by atoms with Crippen LogP contribution in [0.15, 0.2) is 29.1 Å². The molecule has 5 N–H and O–H groups in total. The first-order valence-corrected chi connectivity index (χ1v) is 6.01. The van der Waals surface area contributed by atoms with E-state index in [9.17, 15) is 34.7 Å². The van der Waals surface area contributed by atoms with E-state index in [0.717, 1.165) is 12.1 Å². The van der Waals surface area contributed by atoms with Gasteiger partial charge in [0.25, 0.3) is 11.2 Å². The van der Waals surface area contributed by atoms with Crippen LogP contribution in [0, 0.1) is 10.1 Å². The van der Waals surface area contributed by atoms with Gasteiger partial charge >= 0.3 is 11.9 Å². The average Bonchev–Trinajstić information content (AvgIpc) is 2.45. The second-order valence-corrected chi connectivity index (χ2v) is 4.41. The van der Waals surface area contributed by atoms with Crippen molar-refractivity contribution in [3.63, 3.8) is 0 Å². The van der Waals surface area contributed by atoms with Gasteiger partial charge in [0.15, 0.2) is 0 Å². The number of non-ortho nitro benzene ring substituents is 1. The van der Waals surface area contributed by atoms with E-state index in [0.29, 0.717) is 0 Å². The molecule has 0 amide bonds. The molecule has 0 saturated heterocycles. The van der Waals surface area contributed by atoms with Crippen molar-refractivity contribution in [2.45, 2.75) is 0 Å². The molecule has 1 aromatic heterocycles. The molecule has 2 aromatic rings. The summed E-state index contributed by atoms with van der Waals surface area (Å²) in [5, 5.41) is 29.3. The van der Waals surface area contributed by atoms with E-state index >= 15 is 0 Å². The van der Waals surface area contributed by atoms with Crippen molar-refractivity contribution in [3.8, 4) is 11.1 Å². The number of carboxylic acids is 2. The van der Waals surface area contributed by atoms with Gasteiger partial charge in [0, 0.05) is 17.7 Å². The third-order valence-electron chi connectivity index (χ3n) is 3.02. The molecule has 1 heterocycles. The third kappa shape index (κ3) is 2.72. The number of nitro benzene ring substituents is 1. The summed E-state index contributed by atoms with van der Waals surface area (Å²) in [7, 11) is 0. The van der Waals surface area contributed by atoms with Crippen molar-refractivity contribution in [1.82, 2.24) is 4.98 Å². The number of anilines is 1. The minimum Gasteiger partial charge on any atom is -0.478 e. The van der Waals surface area contributed by atoms with Gasteiger partial charge in [-0.25, -0.2) is 9.59 Å². The Kier molecular flexibility index (Phi) is 3.82. The molecule has 0 spiro atoms. The van der Waals surface area contributed by atoms with Crippen LogP contribution < -0.4 is 11.3 Å². The molecule has 10 heteroatoms. The van der Waals surface area contributed by atoms with Gasteiger partial charge in [0.2, 0.25) is 0 Å². The number of hydrogen-bond donors (Lipinski definition) is 4. The summed E-state index contributed by atoms with van der Waals surface area (Å²) in [6.45, 7) is 0. The topological polar surface area (TPSA) is 177 Å². The monoisotopic (exact) mass is 319 g/mol. The molecule has 1 aromatic carbocycles. The van der Waals surface area contributed by atoms with Crippen molar-refractivity contribution in [2.24, 2.45) is 0 Å². The lowest BCUT2D eigenvalue weighted by Gasteiger charge is -2.11. The van der Waals surface area contributed by atoms with Crippen LogP contribution in [0.25, 0.3) is 11.1 Å². The summed E-state index contributed by atoms with van der Waals surface area (Å²) in [6.07, 6.45) is 0. The number of rotatable bonds is 4. The molecular weight excluding hydrogens is 310 g/mol. The van der Waals surface area contributed by atoms with Gasteiger partial charge < -0.3 is 20.9 Å². The summed E-state index contributed by atoms with van der Waals surface area (Å²) >= 11 is 0. The van der Waals surface area contributed by atoms with Gasteiger partial charge in [0.1, 0.15) is 16.9 Å². The molecule has 23 heavy (non-hydrogen) atoms. The predicted octanol–water partition coefficient (Wildman–Crippen LogP) is 0.929. The fraction of sp³-hybridized carbons (Fsp3) is 0. The number of aromatic amines is 1. The summed E-state index contributed by atoms with van der Waals surface area (Å²) in [6, 6.07) is 4.59. The van der Waals surface area contributed by atoms with E-state index in [4.69, 9.17) is 5.73 Å². The zero-order chi connectivity index (χ0) is 17.3. The number of nitro groups is 1. The van der Waals surface area contributed by atoms with Gasteiger partial charge in [-0.1, -0.05) is 12.1 Å². The first-order valence-electron chi connectivity index (χ1n) is 6.01. The van der Waals surface area contributed by atoms with Crippen molar-refractivity contribution in [2.75, 3.05) is 5.73 Å². The number of benzene rings is 1. The van der Waals surface area contributed by atoms with Gasteiger partial charge in [-0.05, 0) is 5.56 Å². The molecular formula is C13H9N3O7. The minimum atomic E-state index is -1.68. The SMILES string of the molecule is Nc1[nH]c(=O)c(C(=O)O)c(-c2cccc([N+](=O)[O-])c2)c1C(=O)O. The molecule has 118 valence electrons. The van der Waals surface area contributed by atoms with Crippen LogP contribution >= 0.6 is 0 Å². The summed E-state index contributed by atoms with van der Waals surface area (Å²) in [5.74, 6) is -3.81. The lowest BCUT2D eigenvalue weighted by molar-refractivity contribution is -0.384. The van der Waals surface area contributed by atoms with Crippen LogP contribution in [-0.2, 0) is 0 Å². The Bertz CT molecular complexity index is 901. The fourth-order valence-corrected chi connectivity index (χ4v) is 2.11. The Balaban J connectivity index is 2.97. The highest BCUT2D eigenvalue weighted by Gasteiger charge is 2.27. The number of H-pyrrole nitrogens is 1. The first kappa shape index (κ1) is 15.7. The number of nitrogens with zero attached hydrogens (tertiary/aromatic N) is 1. The van der Waals surface area contributed by atoms with Gasteiger partial charge in [-0.2, -0.15) is 0 Å². The standard InChI is InChI=1S/C13H9N3O7/c14-10-8(12(18)19)7(9(13(20)21)11(17)15-10)5-2-1-3-6(4-5)16(22)23/h1-4H,(H,18,19)(H,20,21)(H3,14,15,17). The number of carboxylic acid groups (broad SMARTS) is 2. The highest BCUT2D eigenvalue weighted by atomic mass is 16.6. The van der Waals surface area contributed by atoms with Gasteiger partial charge in [-0.15, -0.1) is 0 Å². The zero-order valence-electron chi connectivity index (χ0n) is 11.3. The molecule has 0 saturated carbocycles. The predicted molar refractivity (Wildman–Crippen MR) is 77.5 cm³/mol. The molecule has 0 aliphatic rings. The summed E-state index contributed by atoms with van der Waals surface area (Å²) in [5.41, 5.74) is 1.84. The second-order valence-electron chi connectivity index (χ2n) is 4.41. The summed E-state index contributed by atoms with van der Waals surface area (Å²) < 4.78 is 0. The molecule has 0 unspecified atom stereocenters. The molecule has 0 fully saturated rings. The van der Waals surface area contributed by atoms with E-state index in [1.807, 2.05) is 4.98 Å². The van der Waals surface area contributed by atoms with Crippen molar-refractivity contribution >= 4 is 23.4 Å². The molecule has 2 rings (SSSR count). The molecule has 0 aliphatic heterocycles. The van der Waals surface area contributed by atoms with E-state index in [1.54, 1.807) is 0 Å². The van der Waals surface area contributed by atoms with E-state index in [-0.39, 0.29) is 5.56 Å². The number of aromatic carboxylic acids is 2. The van der Waals surface area contributed by atoms with Crippen LogP contribution in [0.5, 0.6) is 0 Å². The highest BCUT2D eigenvalue weighted by Crippen LogP contribution is 2.31. The number of nitrogen functional groups attached to an aromatic ring is 1. The Labute approximate surface area is 127 Å². The number of pyridine rings is 1. The Morgan fingerprint density at radius 2 is 1.78 bits per heavy atom. The number of carbonyl (C=O) groups is 2. The van der Waals surface area contributed by atoms with Crippen LogP contribution in [-0.4, -0.2) is 32.1 Å². The van der Waals surface area contributed by atoms with Gasteiger partial charge in [-0.3, -0.25) is 14.9 Å². The Morgan fingerprint density at radius 3 is 2.30 bits per heavy atom. The Morgan fingerprint density at radius 1 is 1.17 bits per heavy atom. The number of aromatic nitrogens is 1. The second kappa shape index (κ2) is 5.60. The van der Waals surface area contributed by atoms with E-state index in [1.165, 1.54) is 12.1 Å². The molecule has 0 aliphatic carbocycles. The normalized spacial score (nSPS) is 10.3. The Hall–Kier alpha value is -3.69. The first-order chi connectivity index (χ1) is 10.7. The molecule has 0 atom stereocenters. The van der Waals surface area contributed by atoms with Gasteiger partial charge in [0.05, 0.1) is 4.92 Å². The number of nitrogens with one attached hydrogen (secondary N) is 1. The molecule has 0 bridgehead atoms. The highest BCUT2D eigenvalue weighted by molar-refractivity contribution is 6.07. The average molecular weight is 319 g/mol. The van der Waals surface area contributed by atoms with Crippen LogP contribution in [0.3, 0.4) is 0 Å². The summed E-state index contributed by atoms with van der Waals surface area (Å²) in [4.78, 5) is 46.6. The number of nitrogens with two attached hydrogens (primary N) is 1. The molecule has 0 radical (unpaired) electrons. The zero-order valence-corrected chi connectivity index (χ0v) is 11.3. The van der Waals surface area contributed by atoms with E-state index < -0.39 is 50.6 Å². The quantitative estimate of drug-likeness (QED) is 0.474. The minimum absolute atomic E-state index is 0.119. The van der Waals surface area contributed by atoms with Crippen LogP contribution in [0.1, 0.15) is 20.7 Å². The van der Waals surface area contributed by atoms with Crippen molar-refractivity contribution in [1.29, 1.82) is 0 Å². The maximum absolute atomic E-state index is 11.8. The fourth-order valence-electron chi connectivity index (χ4n) is 2.11. The van der Waals surface area contributed by atoms with Crippen LogP contribution in [0.4, 0.5) is 11.5 Å². The molecule has 10 nitrogen and oxygen atoms in total. The maximum atomic E-state index is 11.8. The third-order valence-corrected chi connectivity index (χ3v) is 3.02. The van der Waals surface area contributed by atoms with Crippen LogP contribution in [0.2, 0.25) is 0 Å². The lowest BCUT2D eigenvalue weighted by atomic mass is 9.95.